The van der Waals surface area contributed by atoms with E-state index in [1.54, 1.807) is 6.20 Å². The zero-order chi connectivity index (χ0) is 24.5. The first-order valence-corrected chi connectivity index (χ1v) is 12.9. The molecule has 0 aromatic carbocycles. The lowest BCUT2D eigenvalue weighted by Gasteiger charge is -2.31. The maximum absolute atomic E-state index is 14.5. The molecular weight excluding hydrogens is 445 g/mol. The highest BCUT2D eigenvalue weighted by Gasteiger charge is 2.27. The van der Waals surface area contributed by atoms with Crippen molar-refractivity contribution in [3.63, 3.8) is 0 Å². The van der Waals surface area contributed by atoms with E-state index in [1.807, 2.05) is 10.9 Å². The number of hydrogen-bond donors (Lipinski definition) is 0. The normalized spacial score (nSPS) is 20.6. The molecule has 1 fully saturated rings. The minimum atomic E-state index is -0.503. The molecule has 188 valence electrons. The van der Waals surface area contributed by atoms with Crippen molar-refractivity contribution in [2.45, 2.75) is 65.8 Å². The first-order chi connectivity index (χ1) is 17.0. The number of ether oxygens (including phenoxy) is 2. The summed E-state index contributed by atoms with van der Waals surface area (Å²) in [6.07, 6.45) is 10.2. The van der Waals surface area contributed by atoms with Crippen molar-refractivity contribution in [2.75, 3.05) is 20.3 Å². The van der Waals surface area contributed by atoms with Gasteiger partial charge in [0.05, 0.1) is 49.8 Å². The maximum atomic E-state index is 14.5. The Hall–Kier alpha value is -2.74. The van der Waals surface area contributed by atoms with Crippen LogP contribution in [-0.2, 0) is 24.1 Å². The largest absolute Gasteiger partial charge is 0.479 e. The topological polar surface area (TPSA) is 67.0 Å². The third-order valence-corrected chi connectivity index (χ3v) is 7.86. The molecule has 0 amide bonds. The standard InChI is InChI=1S/C27H36FN5O2/c1-17(2)20-7-5-6-19(12-20)16-32-18(3)23(15-30-32)26-22-8-10-35-11-9-25(22)33(31-26)21-13-24(28)27(34-4)29-14-21/h13-15,17,19-20H,5-12,16H2,1-4H3/t19-,20?/m0/s1. The van der Waals surface area contributed by atoms with Gasteiger partial charge in [0.25, 0.3) is 0 Å². The Morgan fingerprint density at radius 2 is 2.03 bits per heavy atom. The SMILES string of the molecule is COc1ncc(-n2nc(-c3cnn(C[C@H]4CCCC(C(C)C)C4)c3C)c3c2CCOCC3)cc1F. The van der Waals surface area contributed by atoms with Crippen LogP contribution in [0.4, 0.5) is 4.39 Å². The Labute approximate surface area is 206 Å². The molecule has 35 heavy (non-hydrogen) atoms. The fourth-order valence-corrected chi connectivity index (χ4v) is 5.77. The van der Waals surface area contributed by atoms with Gasteiger partial charge in [0.1, 0.15) is 0 Å². The maximum Gasteiger partial charge on any atom is 0.250 e. The molecule has 3 aromatic heterocycles. The smallest absolute Gasteiger partial charge is 0.250 e. The average Bonchev–Trinajstić information content (AvgIpc) is 3.28. The Balaban J connectivity index is 1.48. The number of aromatic nitrogens is 5. The fourth-order valence-electron chi connectivity index (χ4n) is 5.77. The number of hydrogen-bond acceptors (Lipinski definition) is 5. The Bertz CT molecular complexity index is 1180. The zero-order valence-electron chi connectivity index (χ0n) is 21.3. The van der Waals surface area contributed by atoms with E-state index in [2.05, 4.69) is 30.4 Å². The molecule has 1 unspecified atom stereocenters. The molecule has 4 heterocycles. The molecule has 1 aliphatic carbocycles. The van der Waals surface area contributed by atoms with Gasteiger partial charge in [-0.1, -0.05) is 26.7 Å². The van der Waals surface area contributed by atoms with Crippen LogP contribution in [-0.4, -0.2) is 44.9 Å². The van der Waals surface area contributed by atoms with Crippen LogP contribution in [0.1, 0.15) is 56.5 Å². The summed E-state index contributed by atoms with van der Waals surface area (Å²) in [7, 11) is 1.41. The van der Waals surface area contributed by atoms with Crippen LogP contribution in [0.5, 0.6) is 5.88 Å². The highest BCUT2D eigenvalue weighted by Crippen LogP contribution is 2.36. The van der Waals surface area contributed by atoms with Crippen molar-refractivity contribution in [1.29, 1.82) is 0 Å². The predicted molar refractivity (Wildman–Crippen MR) is 132 cm³/mol. The summed E-state index contributed by atoms with van der Waals surface area (Å²) >= 11 is 0. The van der Waals surface area contributed by atoms with Crippen molar-refractivity contribution in [2.24, 2.45) is 17.8 Å². The molecule has 0 bridgehead atoms. The quantitative estimate of drug-likeness (QED) is 0.486. The second kappa shape index (κ2) is 10.1. The van der Waals surface area contributed by atoms with E-state index in [-0.39, 0.29) is 5.88 Å². The van der Waals surface area contributed by atoms with E-state index in [4.69, 9.17) is 19.7 Å². The van der Waals surface area contributed by atoms with Crippen LogP contribution in [0.25, 0.3) is 16.9 Å². The van der Waals surface area contributed by atoms with Gasteiger partial charge in [0.2, 0.25) is 5.88 Å². The third-order valence-electron chi connectivity index (χ3n) is 7.86. The molecule has 0 spiro atoms. The third kappa shape index (κ3) is 4.73. The molecule has 1 aliphatic heterocycles. The van der Waals surface area contributed by atoms with Gasteiger partial charge in [-0.15, -0.1) is 0 Å². The number of nitrogens with zero attached hydrogens (tertiary/aromatic N) is 5. The van der Waals surface area contributed by atoms with Gasteiger partial charge in [-0.2, -0.15) is 10.2 Å². The predicted octanol–water partition coefficient (Wildman–Crippen LogP) is 5.16. The van der Waals surface area contributed by atoms with Gasteiger partial charge in [-0.25, -0.2) is 14.1 Å². The first kappa shape index (κ1) is 24.0. The monoisotopic (exact) mass is 481 g/mol. The number of pyridine rings is 1. The molecule has 8 heteroatoms. The van der Waals surface area contributed by atoms with Crippen molar-refractivity contribution in [3.8, 4) is 22.8 Å². The van der Waals surface area contributed by atoms with E-state index >= 15 is 0 Å². The summed E-state index contributed by atoms with van der Waals surface area (Å²) < 4.78 is 29.2. The van der Waals surface area contributed by atoms with Crippen LogP contribution in [0, 0.1) is 30.5 Å². The second-order valence-corrected chi connectivity index (χ2v) is 10.3. The van der Waals surface area contributed by atoms with Gasteiger partial charge in [0.15, 0.2) is 5.82 Å². The number of methoxy groups -OCH3 is 1. The summed E-state index contributed by atoms with van der Waals surface area (Å²) in [4.78, 5) is 4.13. The summed E-state index contributed by atoms with van der Waals surface area (Å²) in [6.45, 7) is 9.04. The molecule has 7 nitrogen and oxygen atoms in total. The molecule has 2 atom stereocenters. The molecule has 0 saturated heterocycles. The number of halogens is 1. The van der Waals surface area contributed by atoms with E-state index in [9.17, 15) is 4.39 Å². The van der Waals surface area contributed by atoms with Crippen LogP contribution in [0.3, 0.4) is 0 Å². The summed E-state index contributed by atoms with van der Waals surface area (Å²) in [5.41, 5.74) is 5.87. The van der Waals surface area contributed by atoms with Crippen LogP contribution in [0.2, 0.25) is 0 Å². The van der Waals surface area contributed by atoms with E-state index in [0.717, 1.165) is 53.0 Å². The molecule has 0 radical (unpaired) electrons. The average molecular weight is 482 g/mol. The highest BCUT2D eigenvalue weighted by molar-refractivity contribution is 5.67. The number of fused-ring (bicyclic) bond motifs is 1. The minimum absolute atomic E-state index is 0.0184. The van der Waals surface area contributed by atoms with Crippen molar-refractivity contribution >= 4 is 0 Å². The Morgan fingerprint density at radius 1 is 1.20 bits per heavy atom. The van der Waals surface area contributed by atoms with Gasteiger partial charge in [-0.3, -0.25) is 4.68 Å². The minimum Gasteiger partial charge on any atom is -0.479 e. The van der Waals surface area contributed by atoms with E-state index < -0.39 is 5.82 Å². The first-order valence-electron chi connectivity index (χ1n) is 12.9. The van der Waals surface area contributed by atoms with Gasteiger partial charge in [0, 0.05) is 35.9 Å². The van der Waals surface area contributed by atoms with Crippen LogP contribution in [0.15, 0.2) is 18.5 Å². The van der Waals surface area contributed by atoms with E-state index in [0.29, 0.717) is 31.2 Å². The van der Waals surface area contributed by atoms with Crippen LogP contribution < -0.4 is 4.74 Å². The summed E-state index contributed by atoms with van der Waals surface area (Å²) in [5, 5.41) is 9.78. The lowest BCUT2D eigenvalue weighted by Crippen LogP contribution is -2.23. The number of rotatable bonds is 6. The fraction of sp³-hybridized carbons (Fsp3) is 0.593. The lowest BCUT2D eigenvalue weighted by atomic mass is 9.76. The molecule has 3 aromatic rings. The Morgan fingerprint density at radius 3 is 2.80 bits per heavy atom. The molecule has 5 rings (SSSR count). The van der Waals surface area contributed by atoms with Gasteiger partial charge in [-0.05, 0) is 43.9 Å². The van der Waals surface area contributed by atoms with Crippen molar-refractivity contribution < 1.29 is 13.9 Å². The zero-order valence-corrected chi connectivity index (χ0v) is 21.3. The summed E-state index contributed by atoms with van der Waals surface area (Å²) in [5.74, 6) is 1.70. The van der Waals surface area contributed by atoms with Crippen LogP contribution >= 0.6 is 0 Å². The van der Waals surface area contributed by atoms with Crippen molar-refractivity contribution in [3.05, 3.63) is 41.2 Å². The lowest BCUT2D eigenvalue weighted by molar-refractivity contribution is 0.145. The highest BCUT2D eigenvalue weighted by atomic mass is 19.1. The molecule has 0 N–H and O–H groups in total. The molecule has 1 saturated carbocycles. The van der Waals surface area contributed by atoms with Crippen molar-refractivity contribution in [1.82, 2.24) is 24.5 Å². The van der Waals surface area contributed by atoms with E-state index in [1.165, 1.54) is 38.9 Å². The summed E-state index contributed by atoms with van der Waals surface area (Å²) in [6, 6.07) is 1.43. The Kier molecular flexibility index (Phi) is 6.91. The van der Waals surface area contributed by atoms with Gasteiger partial charge < -0.3 is 9.47 Å². The molecule has 2 aliphatic rings. The second-order valence-electron chi connectivity index (χ2n) is 10.3. The van der Waals surface area contributed by atoms with Gasteiger partial charge >= 0.3 is 0 Å². The molecular formula is C27H36FN5O2.